The highest BCUT2D eigenvalue weighted by molar-refractivity contribution is 5.75. The van der Waals surface area contributed by atoms with Gasteiger partial charge in [0, 0.05) is 19.4 Å². The predicted molar refractivity (Wildman–Crippen MR) is 98.5 cm³/mol. The van der Waals surface area contributed by atoms with Gasteiger partial charge in [0.2, 0.25) is 5.91 Å². The first-order valence-electron chi connectivity index (χ1n) is 9.98. The number of amides is 1. The van der Waals surface area contributed by atoms with Crippen molar-refractivity contribution in [3.63, 3.8) is 0 Å². The van der Waals surface area contributed by atoms with Crippen LogP contribution >= 0.6 is 0 Å². The molecule has 0 aromatic carbocycles. The van der Waals surface area contributed by atoms with Gasteiger partial charge < -0.3 is 30.1 Å². The Morgan fingerprint density at radius 3 is 2.50 bits per heavy atom. The molecule has 1 rings (SSSR count). The molecule has 0 aliphatic carbocycles. The Hall–Kier alpha value is -0.730. The van der Waals surface area contributed by atoms with E-state index in [0.29, 0.717) is 13.0 Å². The molecule has 1 heterocycles. The highest BCUT2D eigenvalue weighted by atomic mass is 16.7. The van der Waals surface area contributed by atoms with Crippen molar-refractivity contribution >= 4 is 5.91 Å². The lowest BCUT2D eigenvalue weighted by Crippen LogP contribution is -2.48. The van der Waals surface area contributed by atoms with Crippen LogP contribution in [0.25, 0.3) is 0 Å². The minimum atomic E-state index is -0.779. The largest absolute Gasteiger partial charge is 0.395 e. The van der Waals surface area contributed by atoms with Crippen LogP contribution in [-0.2, 0) is 14.3 Å². The van der Waals surface area contributed by atoms with Gasteiger partial charge in [-0.2, -0.15) is 0 Å². The molecule has 7 nitrogen and oxygen atoms in total. The summed E-state index contributed by atoms with van der Waals surface area (Å²) in [5.41, 5.74) is 0. The number of ether oxygens (including phenoxy) is 2. The molecule has 0 bridgehead atoms. The summed E-state index contributed by atoms with van der Waals surface area (Å²) in [7, 11) is 0. The van der Waals surface area contributed by atoms with Crippen LogP contribution in [0.4, 0.5) is 0 Å². The number of unbranched alkanes of at least 4 members (excludes halogenated alkanes) is 5. The van der Waals surface area contributed by atoms with Crippen molar-refractivity contribution < 1.29 is 29.6 Å². The van der Waals surface area contributed by atoms with Crippen LogP contribution in [-0.4, -0.2) is 65.1 Å². The Labute approximate surface area is 157 Å². The van der Waals surface area contributed by atoms with E-state index in [4.69, 9.17) is 14.6 Å². The van der Waals surface area contributed by atoms with Gasteiger partial charge in [0.1, 0.15) is 6.10 Å². The first-order valence-corrected chi connectivity index (χ1v) is 9.98. The SMILES string of the molecule is CC1O[C@@H](O[C@H](C)CCCCCCCCC(=O)NCCO)C(O)C[C@H]1O. The number of rotatable bonds is 13. The zero-order valence-electron chi connectivity index (χ0n) is 16.2. The van der Waals surface area contributed by atoms with E-state index in [0.717, 1.165) is 44.9 Å². The summed E-state index contributed by atoms with van der Waals surface area (Å²) in [5.74, 6) is 0.0129. The third-order valence-corrected chi connectivity index (χ3v) is 4.75. The maximum Gasteiger partial charge on any atom is 0.220 e. The quantitative estimate of drug-likeness (QED) is 0.363. The molecular formula is C19H37NO6. The Morgan fingerprint density at radius 1 is 1.15 bits per heavy atom. The summed E-state index contributed by atoms with van der Waals surface area (Å²) in [6.07, 6.45) is 5.70. The summed E-state index contributed by atoms with van der Waals surface area (Å²) in [4.78, 5) is 11.4. The molecule has 5 atom stereocenters. The fraction of sp³-hybridized carbons (Fsp3) is 0.947. The normalized spacial score (nSPS) is 27.3. The van der Waals surface area contributed by atoms with Crippen molar-refractivity contribution in [1.82, 2.24) is 5.32 Å². The van der Waals surface area contributed by atoms with Crippen LogP contribution in [0.2, 0.25) is 0 Å². The Kier molecular flexibility index (Phi) is 12.0. The van der Waals surface area contributed by atoms with Gasteiger partial charge in [0.15, 0.2) is 6.29 Å². The van der Waals surface area contributed by atoms with Gasteiger partial charge in [-0.05, 0) is 26.7 Å². The van der Waals surface area contributed by atoms with E-state index in [9.17, 15) is 15.0 Å². The van der Waals surface area contributed by atoms with Gasteiger partial charge in [0.05, 0.1) is 24.9 Å². The van der Waals surface area contributed by atoms with Gasteiger partial charge in [0.25, 0.3) is 0 Å². The monoisotopic (exact) mass is 375 g/mol. The molecule has 1 aliphatic heterocycles. The highest BCUT2D eigenvalue weighted by Gasteiger charge is 2.35. The van der Waals surface area contributed by atoms with Crippen LogP contribution in [0.5, 0.6) is 0 Å². The van der Waals surface area contributed by atoms with E-state index in [1.807, 2.05) is 6.92 Å². The molecule has 1 aliphatic rings. The summed E-state index contributed by atoms with van der Waals surface area (Å²) in [5, 5.41) is 30.9. The van der Waals surface area contributed by atoms with Crippen LogP contribution in [0.1, 0.15) is 71.6 Å². The molecule has 0 aromatic rings. The van der Waals surface area contributed by atoms with Crippen molar-refractivity contribution in [2.45, 2.75) is 102 Å². The number of aliphatic hydroxyl groups excluding tert-OH is 3. The van der Waals surface area contributed by atoms with Gasteiger partial charge in [-0.3, -0.25) is 4.79 Å². The first-order chi connectivity index (χ1) is 12.4. The summed E-state index contributed by atoms with van der Waals surface area (Å²) >= 11 is 0. The highest BCUT2D eigenvalue weighted by Crippen LogP contribution is 2.23. The van der Waals surface area contributed by atoms with E-state index in [-0.39, 0.29) is 31.1 Å². The minimum absolute atomic E-state index is 0.00677. The minimum Gasteiger partial charge on any atom is -0.395 e. The third-order valence-electron chi connectivity index (χ3n) is 4.75. The average molecular weight is 376 g/mol. The second-order valence-electron chi connectivity index (χ2n) is 7.26. The summed E-state index contributed by atoms with van der Waals surface area (Å²) in [6, 6.07) is 0. The number of aliphatic hydroxyl groups is 3. The second-order valence-corrected chi connectivity index (χ2v) is 7.26. The lowest BCUT2D eigenvalue weighted by atomic mass is 10.0. The molecule has 1 amide bonds. The lowest BCUT2D eigenvalue weighted by molar-refractivity contribution is -0.273. The van der Waals surface area contributed by atoms with Crippen molar-refractivity contribution in [3.05, 3.63) is 0 Å². The molecule has 0 radical (unpaired) electrons. The van der Waals surface area contributed by atoms with Crippen LogP contribution in [0, 0.1) is 0 Å². The molecule has 0 spiro atoms. The maximum atomic E-state index is 11.4. The second kappa shape index (κ2) is 13.4. The van der Waals surface area contributed by atoms with E-state index < -0.39 is 18.5 Å². The van der Waals surface area contributed by atoms with Crippen molar-refractivity contribution in [1.29, 1.82) is 0 Å². The fourth-order valence-electron chi connectivity index (χ4n) is 3.07. The number of carbonyl (C=O) groups excluding carboxylic acids is 1. The number of nitrogens with one attached hydrogen (secondary N) is 1. The molecule has 1 fully saturated rings. The smallest absolute Gasteiger partial charge is 0.220 e. The molecule has 1 saturated heterocycles. The number of hydrogen-bond acceptors (Lipinski definition) is 6. The van der Waals surface area contributed by atoms with E-state index >= 15 is 0 Å². The molecule has 0 aromatic heterocycles. The topological polar surface area (TPSA) is 108 Å². The molecule has 26 heavy (non-hydrogen) atoms. The summed E-state index contributed by atoms with van der Waals surface area (Å²) in [6.45, 7) is 4.09. The zero-order valence-corrected chi connectivity index (χ0v) is 16.2. The van der Waals surface area contributed by atoms with Crippen molar-refractivity contribution in [3.8, 4) is 0 Å². The molecule has 154 valence electrons. The van der Waals surface area contributed by atoms with Gasteiger partial charge in [-0.25, -0.2) is 0 Å². The fourth-order valence-corrected chi connectivity index (χ4v) is 3.07. The Morgan fingerprint density at radius 2 is 1.81 bits per heavy atom. The van der Waals surface area contributed by atoms with Crippen LogP contribution in [0.15, 0.2) is 0 Å². The lowest BCUT2D eigenvalue weighted by Gasteiger charge is -2.36. The maximum absolute atomic E-state index is 11.4. The predicted octanol–water partition coefficient (Wildman–Crippen LogP) is 1.48. The van der Waals surface area contributed by atoms with Crippen molar-refractivity contribution in [2.75, 3.05) is 13.2 Å². The number of carbonyl (C=O) groups is 1. The van der Waals surface area contributed by atoms with Gasteiger partial charge in [-0.15, -0.1) is 0 Å². The molecule has 0 saturated carbocycles. The van der Waals surface area contributed by atoms with E-state index in [1.54, 1.807) is 6.92 Å². The van der Waals surface area contributed by atoms with E-state index in [1.165, 1.54) is 0 Å². The Bertz CT molecular complexity index is 381. The zero-order chi connectivity index (χ0) is 19.4. The molecule has 4 N–H and O–H groups in total. The van der Waals surface area contributed by atoms with Crippen molar-refractivity contribution in [2.24, 2.45) is 0 Å². The summed E-state index contributed by atoms with van der Waals surface area (Å²) < 4.78 is 11.3. The molecule has 2 unspecified atom stereocenters. The van der Waals surface area contributed by atoms with Gasteiger partial charge in [-0.1, -0.05) is 32.1 Å². The number of hydrogen-bond donors (Lipinski definition) is 4. The Balaban J connectivity index is 1.98. The van der Waals surface area contributed by atoms with Gasteiger partial charge >= 0.3 is 0 Å². The first kappa shape index (κ1) is 23.3. The van der Waals surface area contributed by atoms with Crippen LogP contribution < -0.4 is 5.32 Å². The third kappa shape index (κ3) is 9.83. The molecule has 7 heteroatoms. The van der Waals surface area contributed by atoms with E-state index in [2.05, 4.69) is 5.32 Å². The molecular weight excluding hydrogens is 338 g/mol. The average Bonchev–Trinajstić information content (AvgIpc) is 2.60. The standard InChI is InChI=1S/C19H37NO6/c1-14(25-19-17(23)13-16(22)15(2)26-19)9-7-5-3-4-6-8-10-18(24)20-11-12-21/h14-17,19,21-23H,3-13H2,1-2H3,(H,20,24)/t14-,15?,16-,17?,19-/m1/s1. The van der Waals surface area contributed by atoms with Crippen LogP contribution in [0.3, 0.4) is 0 Å².